The number of carbonyl (C=O) groups excluding carboxylic acids is 1. The summed E-state index contributed by atoms with van der Waals surface area (Å²) in [7, 11) is -3.52. The number of piperidine rings is 1. The number of anilines is 1. The summed E-state index contributed by atoms with van der Waals surface area (Å²) in [5.41, 5.74) is 1.08. The predicted molar refractivity (Wildman–Crippen MR) is 105 cm³/mol. The molecule has 146 valence electrons. The first-order valence-electron chi connectivity index (χ1n) is 9.31. The molecule has 1 amide bonds. The number of sulfonamides is 1. The van der Waals surface area contributed by atoms with Crippen LogP contribution in [0, 0.1) is 6.92 Å². The van der Waals surface area contributed by atoms with Crippen molar-refractivity contribution in [2.75, 3.05) is 25.0 Å². The quantitative estimate of drug-likeness (QED) is 0.761. The van der Waals surface area contributed by atoms with Gasteiger partial charge >= 0.3 is 0 Å². The van der Waals surface area contributed by atoms with Crippen molar-refractivity contribution in [3.05, 3.63) is 23.8 Å². The summed E-state index contributed by atoms with van der Waals surface area (Å²) >= 11 is 0. The van der Waals surface area contributed by atoms with Crippen LogP contribution in [0.1, 0.15) is 52.0 Å². The van der Waals surface area contributed by atoms with Gasteiger partial charge in [-0.25, -0.2) is 8.42 Å². The van der Waals surface area contributed by atoms with Crippen molar-refractivity contribution in [1.29, 1.82) is 0 Å². The average Bonchev–Trinajstić information content (AvgIpc) is 2.62. The number of hydrogen-bond acceptors (Lipinski definition) is 4. The van der Waals surface area contributed by atoms with Gasteiger partial charge in [0.1, 0.15) is 0 Å². The van der Waals surface area contributed by atoms with Gasteiger partial charge in [-0.3, -0.25) is 4.79 Å². The molecular formula is C19H31N3O3S. The van der Waals surface area contributed by atoms with Crippen molar-refractivity contribution in [2.24, 2.45) is 0 Å². The van der Waals surface area contributed by atoms with E-state index in [1.807, 2.05) is 13.8 Å². The van der Waals surface area contributed by atoms with E-state index in [4.69, 9.17) is 0 Å². The molecule has 0 atom stereocenters. The summed E-state index contributed by atoms with van der Waals surface area (Å²) in [6, 6.07) is 5.06. The Balaban J connectivity index is 2.13. The maximum Gasteiger partial charge on any atom is 0.243 e. The summed E-state index contributed by atoms with van der Waals surface area (Å²) in [4.78, 5) is 12.5. The smallest absolute Gasteiger partial charge is 0.243 e. The van der Waals surface area contributed by atoms with Crippen molar-refractivity contribution in [2.45, 2.75) is 63.8 Å². The summed E-state index contributed by atoms with van der Waals surface area (Å²) in [6.45, 7) is 9.23. The van der Waals surface area contributed by atoms with E-state index in [1.165, 1.54) is 0 Å². The fourth-order valence-corrected chi connectivity index (χ4v) is 4.62. The third kappa shape index (κ3) is 5.28. The van der Waals surface area contributed by atoms with Crippen LogP contribution in [0.2, 0.25) is 0 Å². The number of amides is 1. The first-order valence-corrected chi connectivity index (χ1v) is 10.8. The molecule has 1 heterocycles. The first kappa shape index (κ1) is 20.9. The number of aryl methyl sites for hydroxylation is 1. The van der Waals surface area contributed by atoms with Crippen LogP contribution in [-0.4, -0.2) is 43.8 Å². The topological polar surface area (TPSA) is 78.5 Å². The molecule has 1 saturated heterocycles. The minimum Gasteiger partial charge on any atom is -0.325 e. The van der Waals surface area contributed by atoms with Crippen molar-refractivity contribution in [3.63, 3.8) is 0 Å². The summed E-state index contributed by atoms with van der Waals surface area (Å²) in [6.07, 6.45) is 3.77. The Morgan fingerprint density at radius 3 is 2.46 bits per heavy atom. The number of nitrogens with zero attached hydrogens (tertiary/aromatic N) is 1. The molecule has 1 aromatic carbocycles. The van der Waals surface area contributed by atoms with E-state index in [0.29, 0.717) is 24.3 Å². The highest BCUT2D eigenvalue weighted by Gasteiger charge is 2.27. The third-order valence-electron chi connectivity index (χ3n) is 5.02. The van der Waals surface area contributed by atoms with Crippen LogP contribution in [0.4, 0.5) is 5.69 Å². The van der Waals surface area contributed by atoms with Crippen LogP contribution in [-0.2, 0) is 14.8 Å². The molecule has 0 aliphatic carbocycles. The Labute approximate surface area is 157 Å². The molecule has 2 rings (SSSR count). The number of benzene rings is 1. The van der Waals surface area contributed by atoms with Crippen LogP contribution in [0.25, 0.3) is 0 Å². The maximum atomic E-state index is 12.9. The van der Waals surface area contributed by atoms with E-state index in [0.717, 1.165) is 25.7 Å². The number of hydrogen-bond donors (Lipinski definition) is 2. The molecule has 0 radical (unpaired) electrons. The highest BCUT2D eigenvalue weighted by atomic mass is 32.2. The lowest BCUT2D eigenvalue weighted by atomic mass is 10.0. The molecule has 2 N–H and O–H groups in total. The van der Waals surface area contributed by atoms with Gasteiger partial charge in [0.25, 0.3) is 0 Å². The second-order valence-corrected chi connectivity index (χ2v) is 9.49. The molecule has 1 aliphatic rings. The zero-order chi connectivity index (χ0) is 19.4. The largest absolute Gasteiger partial charge is 0.325 e. The van der Waals surface area contributed by atoms with E-state index in [2.05, 4.69) is 17.6 Å². The molecule has 26 heavy (non-hydrogen) atoms. The predicted octanol–water partition coefficient (Wildman–Crippen LogP) is 2.89. The van der Waals surface area contributed by atoms with Gasteiger partial charge in [-0.1, -0.05) is 19.4 Å². The summed E-state index contributed by atoms with van der Waals surface area (Å²) < 4.78 is 27.4. The van der Waals surface area contributed by atoms with Crippen LogP contribution < -0.4 is 10.6 Å². The van der Waals surface area contributed by atoms with E-state index < -0.39 is 10.0 Å². The Kier molecular flexibility index (Phi) is 6.82. The number of carbonyl (C=O) groups is 1. The molecule has 0 aromatic heterocycles. The Bertz CT molecular complexity index is 738. The van der Waals surface area contributed by atoms with Crippen molar-refractivity contribution >= 4 is 21.6 Å². The zero-order valence-corrected chi connectivity index (χ0v) is 17.1. The second-order valence-electron chi connectivity index (χ2n) is 7.58. The van der Waals surface area contributed by atoms with Gasteiger partial charge in [0.2, 0.25) is 15.9 Å². The molecule has 6 nitrogen and oxygen atoms in total. The highest BCUT2D eigenvalue weighted by molar-refractivity contribution is 7.89. The lowest BCUT2D eigenvalue weighted by Gasteiger charge is -2.27. The highest BCUT2D eigenvalue weighted by Crippen LogP contribution is 2.26. The van der Waals surface area contributed by atoms with Gasteiger partial charge in [0.05, 0.1) is 11.4 Å². The monoisotopic (exact) mass is 381 g/mol. The minimum absolute atomic E-state index is 0.118. The summed E-state index contributed by atoms with van der Waals surface area (Å²) in [5, 5.41) is 5.99. The Morgan fingerprint density at radius 1 is 1.19 bits per heavy atom. The van der Waals surface area contributed by atoms with Crippen LogP contribution in [0.5, 0.6) is 0 Å². The van der Waals surface area contributed by atoms with Crippen molar-refractivity contribution in [1.82, 2.24) is 9.62 Å². The van der Waals surface area contributed by atoms with Crippen LogP contribution in [0.3, 0.4) is 0 Å². The van der Waals surface area contributed by atoms with Gasteiger partial charge in [-0.15, -0.1) is 0 Å². The van der Waals surface area contributed by atoms with Gasteiger partial charge < -0.3 is 10.6 Å². The summed E-state index contributed by atoms with van der Waals surface area (Å²) in [5.74, 6) is -0.184. The second kappa shape index (κ2) is 8.50. The molecular weight excluding hydrogens is 350 g/mol. The van der Waals surface area contributed by atoms with Crippen LogP contribution in [0.15, 0.2) is 23.1 Å². The standard InChI is InChI=1S/C19H31N3O3S/c1-5-19(3,4)20-14-18(23)21-16-10-9-15(2)17(13-16)26(24,25)22-11-7-6-8-12-22/h9-10,13,20H,5-8,11-12,14H2,1-4H3,(H,21,23). The fraction of sp³-hybridized carbons (Fsp3) is 0.632. The van der Waals surface area contributed by atoms with Gasteiger partial charge in [-0.05, 0) is 57.7 Å². The molecule has 1 aromatic rings. The van der Waals surface area contributed by atoms with Gasteiger partial charge in [0.15, 0.2) is 0 Å². The third-order valence-corrected chi connectivity index (χ3v) is 7.06. The Hall–Kier alpha value is -1.44. The van der Waals surface area contributed by atoms with Crippen LogP contribution >= 0.6 is 0 Å². The van der Waals surface area contributed by atoms with Gasteiger partial charge in [-0.2, -0.15) is 4.31 Å². The lowest BCUT2D eigenvalue weighted by molar-refractivity contribution is -0.115. The van der Waals surface area contributed by atoms with E-state index >= 15 is 0 Å². The zero-order valence-electron chi connectivity index (χ0n) is 16.3. The molecule has 1 aliphatic heterocycles. The fourth-order valence-electron chi connectivity index (χ4n) is 2.85. The Morgan fingerprint density at radius 2 is 1.85 bits per heavy atom. The molecule has 0 unspecified atom stereocenters. The lowest BCUT2D eigenvalue weighted by Crippen LogP contribution is -2.43. The van der Waals surface area contributed by atoms with E-state index in [1.54, 1.807) is 29.4 Å². The van der Waals surface area contributed by atoms with E-state index in [9.17, 15) is 13.2 Å². The number of nitrogens with one attached hydrogen (secondary N) is 2. The molecule has 7 heteroatoms. The first-order chi connectivity index (χ1) is 12.2. The SMILES string of the molecule is CCC(C)(C)NCC(=O)Nc1ccc(C)c(S(=O)(=O)N2CCCCC2)c1. The average molecular weight is 382 g/mol. The molecule has 1 fully saturated rings. The molecule has 0 bridgehead atoms. The maximum absolute atomic E-state index is 12.9. The minimum atomic E-state index is -3.52. The van der Waals surface area contributed by atoms with Gasteiger partial charge in [0, 0.05) is 24.3 Å². The molecule has 0 spiro atoms. The number of rotatable bonds is 7. The van der Waals surface area contributed by atoms with Crippen molar-refractivity contribution in [3.8, 4) is 0 Å². The molecule has 0 saturated carbocycles. The normalized spacial score (nSPS) is 16.5. The van der Waals surface area contributed by atoms with E-state index in [-0.39, 0.29) is 22.9 Å². The van der Waals surface area contributed by atoms with Crippen molar-refractivity contribution < 1.29 is 13.2 Å².